The second-order valence-corrected chi connectivity index (χ2v) is 5.73. The molecule has 3 rings (SSSR count). The molecule has 1 aliphatic rings. The van der Waals surface area contributed by atoms with Crippen molar-refractivity contribution in [3.63, 3.8) is 0 Å². The standard InChI is InChI=1S/C14H22N6O/c1-11(2)20-10-14(8-16-20)21-6-5-19-9-13(17-18-19)7-15-12-3-4-12/h8-12,15H,3-7H2,1-2H3. The molecule has 21 heavy (non-hydrogen) atoms. The van der Waals surface area contributed by atoms with Crippen LogP contribution in [-0.4, -0.2) is 37.4 Å². The van der Waals surface area contributed by atoms with Crippen LogP contribution >= 0.6 is 0 Å². The zero-order chi connectivity index (χ0) is 14.7. The Morgan fingerprint density at radius 1 is 1.38 bits per heavy atom. The fourth-order valence-corrected chi connectivity index (χ4v) is 2.00. The predicted molar refractivity (Wildman–Crippen MR) is 78.0 cm³/mol. The number of ether oxygens (including phenoxy) is 1. The Morgan fingerprint density at radius 2 is 2.24 bits per heavy atom. The van der Waals surface area contributed by atoms with Crippen molar-refractivity contribution in [1.82, 2.24) is 30.1 Å². The summed E-state index contributed by atoms with van der Waals surface area (Å²) in [5.74, 6) is 0.791. The SMILES string of the molecule is CC(C)n1cc(OCCn2cc(CNC3CC3)nn2)cn1. The lowest BCUT2D eigenvalue weighted by Gasteiger charge is -2.04. The van der Waals surface area contributed by atoms with Gasteiger partial charge in [-0.25, -0.2) is 4.68 Å². The van der Waals surface area contributed by atoms with Crippen LogP contribution in [0.1, 0.15) is 38.4 Å². The van der Waals surface area contributed by atoms with E-state index in [9.17, 15) is 0 Å². The molecule has 2 aromatic heterocycles. The molecule has 1 N–H and O–H groups in total. The maximum absolute atomic E-state index is 5.67. The van der Waals surface area contributed by atoms with Gasteiger partial charge in [-0.2, -0.15) is 5.10 Å². The Hall–Kier alpha value is -1.89. The topological polar surface area (TPSA) is 69.8 Å². The zero-order valence-corrected chi connectivity index (χ0v) is 12.6. The number of nitrogens with one attached hydrogen (secondary N) is 1. The largest absolute Gasteiger partial charge is 0.488 e. The van der Waals surface area contributed by atoms with Crippen molar-refractivity contribution in [2.24, 2.45) is 0 Å². The minimum atomic E-state index is 0.346. The van der Waals surface area contributed by atoms with Crippen molar-refractivity contribution in [2.45, 2.75) is 51.9 Å². The van der Waals surface area contributed by atoms with Crippen molar-refractivity contribution in [3.8, 4) is 5.75 Å². The third-order valence-electron chi connectivity index (χ3n) is 3.43. The highest BCUT2D eigenvalue weighted by Gasteiger charge is 2.20. The van der Waals surface area contributed by atoms with E-state index in [1.807, 2.05) is 21.8 Å². The third kappa shape index (κ3) is 4.04. The average Bonchev–Trinajstić information content (AvgIpc) is 2.99. The highest BCUT2D eigenvalue weighted by Crippen LogP contribution is 2.18. The van der Waals surface area contributed by atoms with Crippen molar-refractivity contribution < 1.29 is 4.74 Å². The summed E-state index contributed by atoms with van der Waals surface area (Å²) in [4.78, 5) is 0. The fraction of sp³-hybridized carbons (Fsp3) is 0.643. The van der Waals surface area contributed by atoms with Gasteiger partial charge in [0.2, 0.25) is 0 Å². The molecule has 0 spiro atoms. The third-order valence-corrected chi connectivity index (χ3v) is 3.43. The summed E-state index contributed by atoms with van der Waals surface area (Å²) in [6, 6.07) is 1.04. The fourth-order valence-electron chi connectivity index (χ4n) is 2.00. The average molecular weight is 290 g/mol. The molecule has 7 nitrogen and oxygen atoms in total. The molecular weight excluding hydrogens is 268 g/mol. The number of hydrogen-bond acceptors (Lipinski definition) is 5. The molecule has 1 saturated carbocycles. The lowest BCUT2D eigenvalue weighted by molar-refractivity contribution is 0.289. The van der Waals surface area contributed by atoms with E-state index < -0.39 is 0 Å². The van der Waals surface area contributed by atoms with Gasteiger partial charge in [0.15, 0.2) is 5.75 Å². The van der Waals surface area contributed by atoms with E-state index in [0.717, 1.165) is 18.0 Å². The van der Waals surface area contributed by atoms with Gasteiger partial charge in [0.05, 0.1) is 24.6 Å². The van der Waals surface area contributed by atoms with Crippen molar-refractivity contribution in [2.75, 3.05) is 6.61 Å². The van der Waals surface area contributed by atoms with E-state index >= 15 is 0 Å². The van der Waals surface area contributed by atoms with Gasteiger partial charge in [0.25, 0.3) is 0 Å². The van der Waals surface area contributed by atoms with Crippen LogP contribution in [0.4, 0.5) is 0 Å². The van der Waals surface area contributed by atoms with E-state index in [-0.39, 0.29) is 0 Å². The Kier molecular flexibility index (Phi) is 4.19. The molecular formula is C14H22N6O. The van der Waals surface area contributed by atoms with Crippen LogP contribution in [0.25, 0.3) is 0 Å². The van der Waals surface area contributed by atoms with Crippen LogP contribution in [-0.2, 0) is 13.1 Å². The number of hydrogen-bond donors (Lipinski definition) is 1. The van der Waals surface area contributed by atoms with Crippen LogP contribution in [0.2, 0.25) is 0 Å². The summed E-state index contributed by atoms with van der Waals surface area (Å²) in [7, 11) is 0. The van der Waals surface area contributed by atoms with Gasteiger partial charge in [-0.05, 0) is 26.7 Å². The summed E-state index contributed by atoms with van der Waals surface area (Å²) in [6.07, 6.45) is 8.19. The number of nitrogens with zero attached hydrogens (tertiary/aromatic N) is 5. The van der Waals surface area contributed by atoms with E-state index in [4.69, 9.17) is 4.74 Å². The molecule has 0 atom stereocenters. The first-order valence-electron chi connectivity index (χ1n) is 7.50. The van der Waals surface area contributed by atoms with Gasteiger partial charge in [0.1, 0.15) is 6.61 Å². The van der Waals surface area contributed by atoms with Gasteiger partial charge in [0, 0.05) is 24.8 Å². The van der Waals surface area contributed by atoms with E-state index in [2.05, 4.69) is 34.6 Å². The maximum Gasteiger partial charge on any atom is 0.157 e. The summed E-state index contributed by atoms with van der Waals surface area (Å²) in [5, 5.41) is 15.9. The van der Waals surface area contributed by atoms with Crippen molar-refractivity contribution in [3.05, 3.63) is 24.3 Å². The molecule has 2 heterocycles. The lowest BCUT2D eigenvalue weighted by Crippen LogP contribution is -2.15. The molecule has 114 valence electrons. The van der Waals surface area contributed by atoms with Gasteiger partial charge >= 0.3 is 0 Å². The second kappa shape index (κ2) is 6.26. The summed E-state index contributed by atoms with van der Waals surface area (Å²) < 4.78 is 9.37. The van der Waals surface area contributed by atoms with Gasteiger partial charge < -0.3 is 10.1 Å². The van der Waals surface area contributed by atoms with Crippen LogP contribution in [0.5, 0.6) is 5.75 Å². The smallest absolute Gasteiger partial charge is 0.157 e. The van der Waals surface area contributed by atoms with E-state index in [1.165, 1.54) is 12.8 Å². The number of rotatable bonds is 8. The molecule has 0 bridgehead atoms. The van der Waals surface area contributed by atoms with Crippen LogP contribution in [0.15, 0.2) is 18.6 Å². The van der Waals surface area contributed by atoms with Crippen LogP contribution in [0.3, 0.4) is 0 Å². The Morgan fingerprint density at radius 3 is 2.95 bits per heavy atom. The molecule has 1 fully saturated rings. The maximum atomic E-state index is 5.67. The summed E-state index contributed by atoms with van der Waals surface area (Å²) in [6.45, 7) is 6.21. The molecule has 7 heteroatoms. The first kappa shape index (κ1) is 14.1. The minimum Gasteiger partial charge on any atom is -0.488 e. The van der Waals surface area contributed by atoms with Crippen LogP contribution in [0, 0.1) is 0 Å². The quantitative estimate of drug-likeness (QED) is 0.795. The Balaban J connectivity index is 1.41. The van der Waals surface area contributed by atoms with Gasteiger partial charge in [-0.1, -0.05) is 5.21 Å². The van der Waals surface area contributed by atoms with Gasteiger partial charge in [-0.15, -0.1) is 5.10 Å². The predicted octanol–water partition coefficient (Wildman–Crippen LogP) is 1.39. The highest BCUT2D eigenvalue weighted by molar-refractivity contribution is 5.11. The Bertz CT molecular complexity index is 572. The van der Waals surface area contributed by atoms with E-state index in [0.29, 0.717) is 25.2 Å². The zero-order valence-electron chi connectivity index (χ0n) is 12.6. The first-order valence-corrected chi connectivity index (χ1v) is 7.50. The van der Waals surface area contributed by atoms with Crippen LogP contribution < -0.4 is 10.1 Å². The normalized spacial score (nSPS) is 14.8. The first-order chi connectivity index (χ1) is 10.2. The summed E-state index contributed by atoms with van der Waals surface area (Å²) >= 11 is 0. The van der Waals surface area contributed by atoms with E-state index in [1.54, 1.807) is 6.20 Å². The Labute approximate surface area is 124 Å². The van der Waals surface area contributed by atoms with Gasteiger partial charge in [-0.3, -0.25) is 4.68 Å². The lowest BCUT2D eigenvalue weighted by atomic mass is 10.4. The molecule has 0 saturated heterocycles. The molecule has 2 aromatic rings. The molecule has 0 unspecified atom stereocenters. The minimum absolute atomic E-state index is 0.346. The molecule has 0 aliphatic heterocycles. The second-order valence-electron chi connectivity index (χ2n) is 5.73. The molecule has 0 amide bonds. The number of aromatic nitrogens is 5. The molecule has 1 aliphatic carbocycles. The summed E-state index contributed by atoms with van der Waals surface area (Å²) in [5.41, 5.74) is 0.981. The van der Waals surface area contributed by atoms with Crippen molar-refractivity contribution >= 4 is 0 Å². The molecule has 0 radical (unpaired) electrons. The monoisotopic (exact) mass is 290 g/mol. The highest BCUT2D eigenvalue weighted by atomic mass is 16.5. The van der Waals surface area contributed by atoms with Crippen molar-refractivity contribution in [1.29, 1.82) is 0 Å². The molecule has 0 aromatic carbocycles.